The highest BCUT2D eigenvalue weighted by Gasteiger charge is 2.25. The van der Waals surface area contributed by atoms with Crippen LogP contribution in [-0.4, -0.2) is 39.7 Å². The van der Waals surface area contributed by atoms with E-state index < -0.39 is 0 Å². The van der Waals surface area contributed by atoms with Gasteiger partial charge in [0.15, 0.2) is 0 Å². The van der Waals surface area contributed by atoms with Crippen LogP contribution in [0.1, 0.15) is 43.4 Å². The van der Waals surface area contributed by atoms with E-state index in [1.165, 1.54) is 22.2 Å². The molecular weight excluding hydrogens is 344 g/mol. The Morgan fingerprint density at radius 1 is 1.15 bits per heavy atom. The van der Waals surface area contributed by atoms with Crippen LogP contribution in [0.2, 0.25) is 0 Å². The average molecular weight is 372 g/mol. The summed E-state index contributed by atoms with van der Waals surface area (Å²) in [5.74, 6) is -0.346. The molecule has 3 amide bonds. The van der Waals surface area contributed by atoms with Gasteiger partial charge in [0.2, 0.25) is 5.91 Å². The first-order valence-electron chi connectivity index (χ1n) is 9.62. The number of carbonyl (C=O) groups excluding carboxylic acids is 2. The molecule has 1 aromatic heterocycles. The highest BCUT2D eigenvalue weighted by atomic mass is 16.5. The molecule has 146 valence electrons. The summed E-state index contributed by atoms with van der Waals surface area (Å²) in [6.45, 7) is 2.03. The second-order valence-corrected chi connectivity index (χ2v) is 7.10. The number of hydrogen-bond acceptors (Lipinski definition) is 3. The summed E-state index contributed by atoms with van der Waals surface area (Å²) < 4.78 is 2.25. The number of amides is 3. The van der Waals surface area contributed by atoms with Gasteiger partial charge in [-0.15, -0.1) is 0 Å². The monoisotopic (exact) mass is 372 g/mol. The number of nitrogens with zero attached hydrogens (tertiary/aromatic N) is 2. The molecule has 1 aromatic carbocycles. The highest BCUT2D eigenvalue weighted by molar-refractivity contribution is 5.86. The number of carbonyl (C=O) groups is 2. The number of hydrogen-bond donors (Lipinski definition) is 3. The van der Waals surface area contributed by atoms with Gasteiger partial charge in [0, 0.05) is 61.7 Å². The highest BCUT2D eigenvalue weighted by Crippen LogP contribution is 2.29. The molecule has 2 aromatic rings. The Labute approximate surface area is 159 Å². The third kappa shape index (κ3) is 4.42. The number of nitrogens with one attached hydrogen (secondary N) is 2. The fourth-order valence-corrected chi connectivity index (χ4v) is 3.83. The van der Waals surface area contributed by atoms with E-state index in [1.807, 2.05) is 11.0 Å². The maximum Gasteiger partial charge on any atom is 0.317 e. The fourth-order valence-electron chi connectivity index (χ4n) is 3.83. The van der Waals surface area contributed by atoms with E-state index in [0.29, 0.717) is 19.5 Å². The van der Waals surface area contributed by atoms with Gasteiger partial charge in [0.1, 0.15) is 0 Å². The van der Waals surface area contributed by atoms with Crippen LogP contribution in [-0.2, 0) is 24.8 Å². The molecule has 1 aliphatic heterocycles. The third-order valence-corrected chi connectivity index (χ3v) is 5.33. The van der Waals surface area contributed by atoms with Gasteiger partial charge in [0.25, 0.3) is 0 Å². The molecule has 3 N–H and O–H groups in total. The summed E-state index contributed by atoms with van der Waals surface area (Å²) in [6, 6.07) is 8.35. The van der Waals surface area contributed by atoms with Gasteiger partial charge >= 0.3 is 6.03 Å². The number of fused-ring (bicyclic) bond motifs is 3. The van der Waals surface area contributed by atoms with Crippen molar-refractivity contribution in [2.45, 2.75) is 45.1 Å². The van der Waals surface area contributed by atoms with E-state index >= 15 is 0 Å². The summed E-state index contributed by atoms with van der Waals surface area (Å²) in [4.78, 5) is 25.3. The quantitative estimate of drug-likeness (QED) is 0.397. The van der Waals surface area contributed by atoms with E-state index in [4.69, 9.17) is 5.21 Å². The van der Waals surface area contributed by atoms with Crippen molar-refractivity contribution < 1.29 is 14.8 Å². The smallest absolute Gasteiger partial charge is 0.317 e. The maximum absolute atomic E-state index is 12.5. The van der Waals surface area contributed by atoms with Crippen LogP contribution < -0.4 is 10.8 Å². The van der Waals surface area contributed by atoms with E-state index in [9.17, 15) is 9.59 Å². The van der Waals surface area contributed by atoms with Gasteiger partial charge < -0.3 is 14.8 Å². The lowest BCUT2D eigenvalue weighted by Crippen LogP contribution is -2.43. The Balaban J connectivity index is 1.45. The Bertz CT molecular complexity index is 815. The lowest BCUT2D eigenvalue weighted by molar-refractivity contribution is -0.129. The minimum absolute atomic E-state index is 0.00626. The summed E-state index contributed by atoms with van der Waals surface area (Å²) >= 11 is 0. The van der Waals surface area contributed by atoms with Gasteiger partial charge in [-0.3, -0.25) is 10.0 Å². The Kier molecular flexibility index (Phi) is 6.34. The fraction of sp³-hybridized carbons (Fsp3) is 0.500. The maximum atomic E-state index is 12.5. The van der Waals surface area contributed by atoms with Gasteiger partial charge in [-0.25, -0.2) is 10.3 Å². The summed E-state index contributed by atoms with van der Waals surface area (Å²) in [6.07, 6.45) is 4.71. The second-order valence-electron chi connectivity index (χ2n) is 7.10. The van der Waals surface area contributed by atoms with E-state index in [1.54, 1.807) is 5.48 Å². The molecule has 7 heteroatoms. The zero-order valence-electron chi connectivity index (χ0n) is 15.8. The summed E-state index contributed by atoms with van der Waals surface area (Å²) in [5, 5.41) is 12.7. The minimum atomic E-state index is -0.346. The first kappa shape index (κ1) is 19.2. The summed E-state index contributed by atoms with van der Waals surface area (Å²) in [5.41, 5.74) is 5.44. The molecule has 0 saturated heterocycles. The largest absolute Gasteiger partial charge is 0.347 e. The van der Waals surface area contributed by atoms with E-state index in [0.717, 1.165) is 38.6 Å². The number of para-hydroxylation sites is 1. The van der Waals surface area contributed by atoms with Crippen molar-refractivity contribution >= 4 is 22.8 Å². The number of benzene rings is 1. The molecule has 0 aliphatic carbocycles. The zero-order valence-corrected chi connectivity index (χ0v) is 15.8. The topological polar surface area (TPSA) is 86.6 Å². The van der Waals surface area contributed by atoms with Crippen molar-refractivity contribution in [3.05, 3.63) is 35.5 Å². The molecule has 2 heterocycles. The van der Waals surface area contributed by atoms with Gasteiger partial charge in [0.05, 0.1) is 0 Å². The molecule has 0 atom stereocenters. The molecule has 3 rings (SSSR count). The van der Waals surface area contributed by atoms with Crippen molar-refractivity contribution in [1.29, 1.82) is 0 Å². The average Bonchev–Trinajstić information content (AvgIpc) is 2.99. The predicted molar refractivity (Wildman–Crippen MR) is 103 cm³/mol. The van der Waals surface area contributed by atoms with Crippen molar-refractivity contribution in [1.82, 2.24) is 20.3 Å². The molecule has 0 bridgehead atoms. The van der Waals surface area contributed by atoms with E-state index in [2.05, 4.69) is 35.1 Å². The molecule has 7 nitrogen and oxygen atoms in total. The van der Waals surface area contributed by atoms with Gasteiger partial charge in [-0.05, 0) is 18.9 Å². The number of rotatable bonds is 7. The van der Waals surface area contributed by atoms with Crippen LogP contribution in [0.4, 0.5) is 4.79 Å². The molecule has 27 heavy (non-hydrogen) atoms. The van der Waals surface area contributed by atoms with Crippen LogP contribution in [0.25, 0.3) is 10.9 Å². The molecule has 0 saturated carbocycles. The predicted octanol–water partition coefficient (Wildman–Crippen LogP) is 2.70. The third-order valence-electron chi connectivity index (χ3n) is 5.33. The number of aryl methyl sites for hydroxylation is 1. The molecule has 0 fully saturated rings. The molecule has 1 aliphatic rings. The van der Waals surface area contributed by atoms with Gasteiger partial charge in [-0.1, -0.05) is 31.0 Å². The van der Waals surface area contributed by atoms with Gasteiger partial charge in [-0.2, -0.15) is 0 Å². The Morgan fingerprint density at radius 2 is 1.93 bits per heavy atom. The molecule has 0 unspecified atom stereocenters. The van der Waals surface area contributed by atoms with Crippen molar-refractivity contribution in [2.24, 2.45) is 7.05 Å². The van der Waals surface area contributed by atoms with Crippen LogP contribution in [0, 0.1) is 0 Å². The van der Waals surface area contributed by atoms with Crippen LogP contribution in [0.3, 0.4) is 0 Å². The normalized spacial score (nSPS) is 13.5. The Morgan fingerprint density at radius 3 is 2.74 bits per heavy atom. The molecule has 0 radical (unpaired) electrons. The number of urea groups is 1. The molecule has 0 spiro atoms. The first-order chi connectivity index (χ1) is 13.1. The van der Waals surface area contributed by atoms with E-state index in [-0.39, 0.29) is 11.9 Å². The van der Waals surface area contributed by atoms with Crippen LogP contribution in [0.15, 0.2) is 24.3 Å². The lowest BCUT2D eigenvalue weighted by atomic mass is 10.0. The number of unbranched alkanes of at least 4 members (excludes halogenated alkanes) is 3. The minimum Gasteiger partial charge on any atom is -0.347 e. The van der Waals surface area contributed by atoms with Crippen LogP contribution in [0.5, 0.6) is 0 Å². The zero-order chi connectivity index (χ0) is 19.2. The van der Waals surface area contributed by atoms with Crippen LogP contribution >= 0.6 is 0 Å². The Hall–Kier alpha value is -2.54. The number of aromatic nitrogens is 1. The first-order valence-corrected chi connectivity index (χ1v) is 9.62. The SMILES string of the molecule is Cn1c2c(c3ccccc31)CN(C(=O)NCCCCCCC(=O)NO)CC2. The van der Waals surface area contributed by atoms with Crippen molar-refractivity contribution in [3.63, 3.8) is 0 Å². The van der Waals surface area contributed by atoms with Crippen molar-refractivity contribution in [2.75, 3.05) is 13.1 Å². The number of hydroxylamine groups is 1. The standard InChI is InChI=1S/C20H28N4O3/c1-23-17-9-6-5-8-15(17)16-14-24(13-11-18(16)23)20(26)21-12-7-3-2-4-10-19(25)22-27/h5-6,8-9,27H,2-4,7,10-14H2,1H3,(H,21,26)(H,22,25). The molecular formula is C20H28N4O3. The summed E-state index contributed by atoms with van der Waals surface area (Å²) in [7, 11) is 2.10. The lowest BCUT2D eigenvalue weighted by Gasteiger charge is -2.28. The van der Waals surface area contributed by atoms with Crippen molar-refractivity contribution in [3.8, 4) is 0 Å². The second kappa shape index (κ2) is 8.90.